The normalized spacial score (nSPS) is 25.5. The van der Waals surface area contributed by atoms with Crippen LogP contribution in [0, 0.1) is 19.8 Å². The summed E-state index contributed by atoms with van der Waals surface area (Å²) in [7, 11) is 0. The van der Waals surface area contributed by atoms with Crippen molar-refractivity contribution >= 4 is 11.7 Å². The number of benzene rings is 1. The molecule has 8 heteroatoms. The number of hydrogen-bond donors (Lipinski definition) is 3. The number of likely N-dealkylation sites (tertiary alicyclic amines) is 1. The Morgan fingerprint density at radius 2 is 1.84 bits per heavy atom. The lowest BCUT2D eigenvalue weighted by molar-refractivity contribution is 0.0248. The summed E-state index contributed by atoms with van der Waals surface area (Å²) >= 11 is 0. The summed E-state index contributed by atoms with van der Waals surface area (Å²) in [5, 5.41) is 21.9. The SMILES string of the molecule is Cc1ccc(C(CO)N2CCC(N3CCN(c4ncc(C(=O)NCCO)cc4C)CC34CC4C)CC2)cc1. The predicted octanol–water partition coefficient (Wildman–Crippen LogP) is 2.52. The first-order valence-electron chi connectivity index (χ1n) is 14.1. The minimum atomic E-state index is -0.199. The van der Waals surface area contributed by atoms with E-state index in [4.69, 9.17) is 10.1 Å². The lowest BCUT2D eigenvalue weighted by Gasteiger charge is -2.50. The lowest BCUT2D eigenvalue weighted by Crippen LogP contribution is -2.61. The van der Waals surface area contributed by atoms with Gasteiger partial charge in [0, 0.05) is 57.0 Å². The Labute approximate surface area is 226 Å². The fourth-order valence-electron chi connectivity index (χ4n) is 6.79. The summed E-state index contributed by atoms with van der Waals surface area (Å²) in [6.07, 6.45) is 5.14. The van der Waals surface area contributed by atoms with E-state index in [1.807, 2.05) is 13.0 Å². The first-order valence-corrected chi connectivity index (χ1v) is 14.1. The Kier molecular flexibility index (Phi) is 8.05. The van der Waals surface area contributed by atoms with Crippen molar-refractivity contribution in [2.24, 2.45) is 5.92 Å². The topological polar surface area (TPSA) is 92.2 Å². The molecule has 3 aliphatic rings. The zero-order valence-corrected chi connectivity index (χ0v) is 23.1. The monoisotopic (exact) mass is 521 g/mol. The number of rotatable bonds is 8. The molecule has 3 atom stereocenters. The molecule has 1 amide bonds. The zero-order valence-electron chi connectivity index (χ0n) is 23.1. The number of aromatic nitrogens is 1. The van der Waals surface area contributed by atoms with E-state index in [2.05, 4.69) is 58.1 Å². The second kappa shape index (κ2) is 11.3. The number of carbonyl (C=O) groups is 1. The van der Waals surface area contributed by atoms with E-state index in [0.29, 0.717) is 17.5 Å². The van der Waals surface area contributed by atoms with Gasteiger partial charge in [-0.05, 0) is 56.2 Å². The van der Waals surface area contributed by atoms with Crippen LogP contribution < -0.4 is 10.2 Å². The van der Waals surface area contributed by atoms with Crippen molar-refractivity contribution in [2.75, 3.05) is 57.4 Å². The van der Waals surface area contributed by atoms with Gasteiger partial charge in [0.05, 0.1) is 24.8 Å². The summed E-state index contributed by atoms with van der Waals surface area (Å²) < 4.78 is 0. The fraction of sp³-hybridized carbons (Fsp3) is 0.600. The number of amides is 1. The predicted molar refractivity (Wildman–Crippen MR) is 149 cm³/mol. The number of nitrogens with zero attached hydrogens (tertiary/aromatic N) is 4. The first kappa shape index (κ1) is 27.1. The van der Waals surface area contributed by atoms with Crippen LogP contribution in [-0.4, -0.2) is 95.0 Å². The van der Waals surface area contributed by atoms with Gasteiger partial charge >= 0.3 is 0 Å². The number of aliphatic hydroxyl groups is 2. The Morgan fingerprint density at radius 1 is 1.13 bits per heavy atom. The summed E-state index contributed by atoms with van der Waals surface area (Å²) in [4.78, 5) is 24.7. The van der Waals surface area contributed by atoms with Crippen LogP contribution in [0.2, 0.25) is 0 Å². The zero-order chi connectivity index (χ0) is 26.9. The Bertz CT molecular complexity index is 1120. The number of pyridine rings is 1. The number of aryl methyl sites for hydroxylation is 2. The lowest BCUT2D eigenvalue weighted by atomic mass is 9.94. The van der Waals surface area contributed by atoms with E-state index in [1.165, 1.54) is 17.5 Å². The molecule has 2 aliphatic heterocycles. The Balaban J connectivity index is 1.23. The van der Waals surface area contributed by atoms with Gasteiger partial charge in [-0.2, -0.15) is 0 Å². The van der Waals surface area contributed by atoms with Crippen LogP contribution in [0.1, 0.15) is 59.3 Å². The third-order valence-electron chi connectivity index (χ3n) is 9.09. The molecule has 38 heavy (non-hydrogen) atoms. The number of nitrogens with one attached hydrogen (secondary N) is 1. The molecule has 8 nitrogen and oxygen atoms in total. The maximum Gasteiger partial charge on any atom is 0.252 e. The summed E-state index contributed by atoms with van der Waals surface area (Å²) in [5.74, 6) is 1.43. The summed E-state index contributed by atoms with van der Waals surface area (Å²) in [6.45, 7) is 11.8. The number of carbonyl (C=O) groups excluding carboxylic acids is 1. The van der Waals surface area contributed by atoms with Crippen LogP contribution in [0.5, 0.6) is 0 Å². The Morgan fingerprint density at radius 3 is 2.45 bits per heavy atom. The molecule has 0 bridgehead atoms. The van der Waals surface area contributed by atoms with Crippen molar-refractivity contribution in [2.45, 2.75) is 57.7 Å². The largest absolute Gasteiger partial charge is 0.395 e. The highest BCUT2D eigenvalue weighted by Crippen LogP contribution is 2.52. The van der Waals surface area contributed by atoms with Gasteiger partial charge in [-0.25, -0.2) is 4.98 Å². The van der Waals surface area contributed by atoms with Gasteiger partial charge in [0.15, 0.2) is 0 Å². The highest BCUT2D eigenvalue weighted by Gasteiger charge is 2.59. The van der Waals surface area contributed by atoms with Crippen LogP contribution in [0.4, 0.5) is 5.82 Å². The molecule has 0 radical (unpaired) electrons. The van der Waals surface area contributed by atoms with Gasteiger partial charge in [0.1, 0.15) is 5.82 Å². The first-order chi connectivity index (χ1) is 18.4. The molecule has 3 N–H and O–H groups in total. The number of anilines is 1. The standard InChI is InChI=1S/C30H43N5O3/c1-21-4-6-24(7-5-21)27(19-37)33-11-8-26(9-12-33)35-14-13-34(20-30(35)17-23(30)3)28-22(2)16-25(18-32-28)29(38)31-10-15-36/h4-7,16,18,23,26-27,36-37H,8-15,17,19-20H2,1-3H3,(H,31,38). The molecule has 5 rings (SSSR count). The van der Waals surface area contributed by atoms with E-state index < -0.39 is 0 Å². The number of hydrogen-bond acceptors (Lipinski definition) is 7. The van der Waals surface area contributed by atoms with Gasteiger partial charge in [-0.15, -0.1) is 0 Å². The van der Waals surface area contributed by atoms with Crippen LogP contribution >= 0.6 is 0 Å². The number of piperidine rings is 1. The minimum absolute atomic E-state index is 0.0740. The molecule has 3 heterocycles. The van der Waals surface area contributed by atoms with Gasteiger partial charge in [-0.3, -0.25) is 14.6 Å². The van der Waals surface area contributed by atoms with Gasteiger partial charge in [0.2, 0.25) is 0 Å². The van der Waals surface area contributed by atoms with E-state index >= 15 is 0 Å². The van der Waals surface area contributed by atoms with Crippen LogP contribution in [-0.2, 0) is 0 Å². The number of piperazine rings is 1. The Hall–Kier alpha value is -2.52. The molecule has 3 unspecified atom stereocenters. The molecule has 3 fully saturated rings. The highest BCUT2D eigenvalue weighted by molar-refractivity contribution is 5.94. The van der Waals surface area contributed by atoms with Gasteiger partial charge in [-0.1, -0.05) is 36.8 Å². The van der Waals surface area contributed by atoms with E-state index in [1.54, 1.807) is 6.20 Å². The van der Waals surface area contributed by atoms with Crippen LogP contribution in [0.15, 0.2) is 36.5 Å². The molecule has 1 aliphatic carbocycles. The maximum atomic E-state index is 12.3. The second-order valence-corrected chi connectivity index (χ2v) is 11.5. The molecule has 2 aromatic rings. The van der Waals surface area contributed by atoms with Crippen molar-refractivity contribution in [3.05, 3.63) is 58.8 Å². The van der Waals surface area contributed by atoms with Crippen molar-refractivity contribution in [1.29, 1.82) is 0 Å². The minimum Gasteiger partial charge on any atom is -0.395 e. The molecule has 1 aromatic heterocycles. The third kappa shape index (κ3) is 5.32. The average Bonchev–Trinajstić information content (AvgIpc) is 3.56. The molecular weight excluding hydrogens is 478 g/mol. The van der Waals surface area contributed by atoms with Gasteiger partial charge in [0.25, 0.3) is 5.91 Å². The smallest absolute Gasteiger partial charge is 0.252 e. The molecule has 2 saturated heterocycles. The molecule has 1 saturated carbocycles. The van der Waals surface area contributed by atoms with Gasteiger partial charge < -0.3 is 20.4 Å². The van der Waals surface area contributed by atoms with E-state index in [-0.39, 0.29) is 37.2 Å². The second-order valence-electron chi connectivity index (χ2n) is 11.5. The molecular formula is C30H43N5O3. The number of aliphatic hydroxyl groups excluding tert-OH is 2. The van der Waals surface area contributed by atoms with Crippen LogP contribution in [0.3, 0.4) is 0 Å². The van der Waals surface area contributed by atoms with E-state index in [0.717, 1.165) is 56.9 Å². The maximum absolute atomic E-state index is 12.3. The summed E-state index contributed by atoms with van der Waals surface area (Å²) in [5.41, 5.74) is 4.20. The molecule has 1 aromatic carbocycles. The van der Waals surface area contributed by atoms with Crippen LogP contribution in [0.25, 0.3) is 0 Å². The molecule has 1 spiro atoms. The highest BCUT2D eigenvalue weighted by atomic mass is 16.3. The quantitative estimate of drug-likeness (QED) is 0.492. The molecule has 206 valence electrons. The van der Waals surface area contributed by atoms with Crippen molar-refractivity contribution < 1.29 is 15.0 Å². The van der Waals surface area contributed by atoms with E-state index in [9.17, 15) is 9.90 Å². The van der Waals surface area contributed by atoms with Crippen molar-refractivity contribution in [3.8, 4) is 0 Å². The average molecular weight is 522 g/mol. The summed E-state index contributed by atoms with van der Waals surface area (Å²) in [6, 6.07) is 11.1. The van der Waals surface area contributed by atoms with Crippen molar-refractivity contribution in [1.82, 2.24) is 20.1 Å². The van der Waals surface area contributed by atoms with Crippen molar-refractivity contribution in [3.63, 3.8) is 0 Å². The third-order valence-corrected chi connectivity index (χ3v) is 9.09. The fourth-order valence-corrected chi connectivity index (χ4v) is 6.79.